The molecule has 2 N–H and O–H groups in total. The highest BCUT2D eigenvalue weighted by molar-refractivity contribution is 7.84. The van der Waals surface area contributed by atoms with E-state index >= 15 is 4.39 Å². The number of aryl methyl sites for hydroxylation is 1. The summed E-state index contributed by atoms with van der Waals surface area (Å²) in [5.41, 5.74) is 0.484. The molecule has 0 radical (unpaired) electrons. The van der Waals surface area contributed by atoms with Gasteiger partial charge in [0.15, 0.2) is 11.5 Å². The minimum absolute atomic E-state index is 0.00570. The molecule has 0 aromatic carbocycles. The second-order valence-corrected chi connectivity index (χ2v) is 8.68. The van der Waals surface area contributed by atoms with Gasteiger partial charge < -0.3 is 15.0 Å². The van der Waals surface area contributed by atoms with Crippen molar-refractivity contribution in [2.24, 2.45) is 5.92 Å². The molecule has 1 atom stereocenters. The molecule has 7 nitrogen and oxygen atoms in total. The average Bonchev–Trinajstić information content (AvgIpc) is 3.10. The third kappa shape index (κ3) is 4.40. The molecule has 0 saturated heterocycles. The number of anilines is 1. The molecule has 1 aliphatic rings. The normalized spacial score (nSPS) is 16.1. The van der Waals surface area contributed by atoms with Crippen LogP contribution in [0.5, 0.6) is 0 Å². The summed E-state index contributed by atoms with van der Waals surface area (Å²) < 4.78 is 27.9. The fourth-order valence-corrected chi connectivity index (χ4v) is 4.05. The van der Waals surface area contributed by atoms with E-state index in [9.17, 15) is 13.8 Å². The summed E-state index contributed by atoms with van der Waals surface area (Å²) in [6, 6.07) is 0. The SMILES string of the molecule is CNC(=O)c1c(NC(=O)C2CCCCC2)cn2cc(CCS(C)=O)nc2c1F. The summed E-state index contributed by atoms with van der Waals surface area (Å²) in [5.74, 6) is -1.31. The fourth-order valence-electron chi connectivity index (χ4n) is 3.55. The molecule has 9 heteroatoms. The molecule has 0 bridgehead atoms. The van der Waals surface area contributed by atoms with Crippen molar-refractivity contribution >= 4 is 33.9 Å². The monoisotopic (exact) mass is 408 g/mol. The maximum absolute atomic E-state index is 15.1. The van der Waals surface area contributed by atoms with Gasteiger partial charge >= 0.3 is 0 Å². The summed E-state index contributed by atoms with van der Waals surface area (Å²) in [4.78, 5) is 29.2. The van der Waals surface area contributed by atoms with E-state index in [0.717, 1.165) is 32.1 Å². The summed E-state index contributed by atoms with van der Waals surface area (Å²) in [6.07, 6.45) is 9.90. The van der Waals surface area contributed by atoms with Gasteiger partial charge in [-0.3, -0.25) is 13.8 Å². The second kappa shape index (κ2) is 8.81. The number of nitrogens with zero attached hydrogens (tertiary/aromatic N) is 2. The standard InChI is InChI=1S/C19H25FN4O3S/c1-21-19(26)15-14(23-18(25)12-6-4-3-5-7-12)11-24-10-13(8-9-28(2)27)22-17(24)16(15)20/h10-12H,3-9H2,1-2H3,(H,21,26)(H,23,25). The molecule has 1 unspecified atom stereocenters. The van der Waals surface area contributed by atoms with Gasteiger partial charge in [-0.25, -0.2) is 9.37 Å². The van der Waals surface area contributed by atoms with Gasteiger partial charge in [-0.1, -0.05) is 19.3 Å². The van der Waals surface area contributed by atoms with Gasteiger partial charge in [0.1, 0.15) is 5.56 Å². The molecule has 1 aliphatic carbocycles. The Morgan fingerprint density at radius 3 is 2.64 bits per heavy atom. The highest BCUT2D eigenvalue weighted by Gasteiger charge is 2.26. The number of halogens is 1. The number of amides is 2. The third-order valence-corrected chi connectivity index (χ3v) is 5.85. The summed E-state index contributed by atoms with van der Waals surface area (Å²) in [6.45, 7) is 0. The molecule has 3 rings (SSSR count). The van der Waals surface area contributed by atoms with Gasteiger partial charge in [0.05, 0.1) is 11.4 Å². The molecule has 0 spiro atoms. The van der Waals surface area contributed by atoms with Crippen LogP contribution in [0.2, 0.25) is 0 Å². The Balaban J connectivity index is 1.97. The maximum Gasteiger partial charge on any atom is 0.256 e. The number of nitrogens with one attached hydrogen (secondary N) is 2. The van der Waals surface area contributed by atoms with Crippen molar-refractivity contribution in [1.82, 2.24) is 14.7 Å². The zero-order valence-corrected chi connectivity index (χ0v) is 16.9. The van der Waals surface area contributed by atoms with Crippen LogP contribution in [-0.4, -0.2) is 44.5 Å². The van der Waals surface area contributed by atoms with E-state index in [4.69, 9.17) is 0 Å². The Labute approximate surface area is 165 Å². The molecule has 2 amide bonds. The van der Waals surface area contributed by atoms with E-state index in [0.29, 0.717) is 17.9 Å². The first kappa shape index (κ1) is 20.4. The minimum atomic E-state index is -0.986. The lowest BCUT2D eigenvalue weighted by molar-refractivity contribution is -0.120. The molecule has 1 saturated carbocycles. The van der Waals surface area contributed by atoms with Gasteiger partial charge in [-0.05, 0) is 12.8 Å². The van der Waals surface area contributed by atoms with Crippen LogP contribution >= 0.6 is 0 Å². The van der Waals surface area contributed by atoms with Crippen LogP contribution in [0.15, 0.2) is 12.4 Å². The van der Waals surface area contributed by atoms with Gasteiger partial charge in [0, 0.05) is 54.6 Å². The number of fused-ring (bicyclic) bond motifs is 1. The molecule has 1 fully saturated rings. The number of pyridine rings is 1. The Hall–Kier alpha value is -2.29. The van der Waals surface area contributed by atoms with Crippen LogP contribution in [-0.2, 0) is 22.0 Å². The Kier molecular flexibility index (Phi) is 6.43. The smallest absolute Gasteiger partial charge is 0.256 e. The topological polar surface area (TPSA) is 92.6 Å². The van der Waals surface area contributed by atoms with Crippen LogP contribution in [0.25, 0.3) is 5.65 Å². The molecular weight excluding hydrogens is 383 g/mol. The first-order chi connectivity index (χ1) is 13.4. The fraction of sp³-hybridized carbons (Fsp3) is 0.526. The van der Waals surface area contributed by atoms with Gasteiger partial charge in [-0.15, -0.1) is 0 Å². The predicted octanol–water partition coefficient (Wildman–Crippen LogP) is 2.27. The molecule has 28 heavy (non-hydrogen) atoms. The van der Waals surface area contributed by atoms with Gasteiger partial charge in [-0.2, -0.15) is 0 Å². The van der Waals surface area contributed by atoms with Crippen molar-refractivity contribution in [3.05, 3.63) is 29.5 Å². The highest BCUT2D eigenvalue weighted by Crippen LogP contribution is 2.28. The van der Waals surface area contributed by atoms with E-state index in [1.807, 2.05) is 0 Å². The predicted molar refractivity (Wildman–Crippen MR) is 106 cm³/mol. The lowest BCUT2D eigenvalue weighted by atomic mass is 9.88. The zero-order valence-electron chi connectivity index (χ0n) is 16.1. The molecule has 2 heterocycles. The zero-order chi connectivity index (χ0) is 20.3. The van der Waals surface area contributed by atoms with Crippen LogP contribution < -0.4 is 10.6 Å². The van der Waals surface area contributed by atoms with Crippen molar-refractivity contribution in [1.29, 1.82) is 0 Å². The van der Waals surface area contributed by atoms with Crippen LogP contribution in [0, 0.1) is 11.7 Å². The van der Waals surface area contributed by atoms with Gasteiger partial charge in [0.2, 0.25) is 5.91 Å². The lowest BCUT2D eigenvalue weighted by Gasteiger charge is -2.21. The number of carbonyl (C=O) groups excluding carboxylic acids is 2. The number of carbonyl (C=O) groups is 2. The van der Waals surface area contributed by atoms with Crippen LogP contribution in [0.3, 0.4) is 0 Å². The Morgan fingerprint density at radius 1 is 1.29 bits per heavy atom. The van der Waals surface area contributed by atoms with Gasteiger partial charge in [0.25, 0.3) is 5.91 Å². The van der Waals surface area contributed by atoms with Crippen LogP contribution in [0.1, 0.15) is 48.2 Å². The lowest BCUT2D eigenvalue weighted by Crippen LogP contribution is -2.28. The highest BCUT2D eigenvalue weighted by atomic mass is 32.2. The summed E-state index contributed by atoms with van der Waals surface area (Å²) in [5, 5.41) is 5.17. The molecule has 152 valence electrons. The second-order valence-electron chi connectivity index (χ2n) is 7.13. The van der Waals surface area contributed by atoms with Crippen LogP contribution in [0.4, 0.5) is 10.1 Å². The number of hydrogen-bond acceptors (Lipinski definition) is 4. The van der Waals surface area contributed by atoms with E-state index in [-0.39, 0.29) is 28.7 Å². The molecule has 2 aromatic heterocycles. The summed E-state index contributed by atoms with van der Waals surface area (Å²) in [7, 11) is 0.423. The van der Waals surface area contributed by atoms with Crippen molar-refractivity contribution in [3.8, 4) is 0 Å². The van der Waals surface area contributed by atoms with E-state index < -0.39 is 22.5 Å². The molecule has 0 aliphatic heterocycles. The largest absolute Gasteiger partial charge is 0.355 e. The number of aromatic nitrogens is 2. The Morgan fingerprint density at radius 2 is 2.00 bits per heavy atom. The first-order valence-electron chi connectivity index (χ1n) is 9.43. The minimum Gasteiger partial charge on any atom is -0.355 e. The van der Waals surface area contributed by atoms with Crippen molar-refractivity contribution < 1.29 is 18.2 Å². The van der Waals surface area contributed by atoms with Crippen molar-refractivity contribution in [2.75, 3.05) is 24.4 Å². The molecular formula is C19H25FN4O3S. The molecule has 2 aromatic rings. The quantitative estimate of drug-likeness (QED) is 0.767. The summed E-state index contributed by atoms with van der Waals surface area (Å²) >= 11 is 0. The van der Waals surface area contributed by atoms with E-state index in [1.165, 1.54) is 17.6 Å². The number of imidazole rings is 1. The average molecular weight is 408 g/mol. The Bertz CT molecular complexity index is 922. The maximum atomic E-state index is 15.1. The first-order valence-corrected chi connectivity index (χ1v) is 11.2. The van der Waals surface area contributed by atoms with E-state index in [2.05, 4.69) is 15.6 Å². The van der Waals surface area contributed by atoms with Crippen molar-refractivity contribution in [2.45, 2.75) is 38.5 Å². The van der Waals surface area contributed by atoms with E-state index in [1.54, 1.807) is 12.5 Å². The van der Waals surface area contributed by atoms with Crippen molar-refractivity contribution in [3.63, 3.8) is 0 Å². The number of rotatable bonds is 6. The number of hydrogen-bond donors (Lipinski definition) is 2. The third-order valence-electron chi connectivity index (χ3n) is 5.07.